The van der Waals surface area contributed by atoms with E-state index in [0.29, 0.717) is 5.02 Å². The Morgan fingerprint density at radius 1 is 1.37 bits per heavy atom. The Kier molecular flexibility index (Phi) is 6.81. The molecule has 0 aliphatic rings. The third-order valence-corrected chi connectivity index (χ3v) is 9.32. The lowest BCUT2D eigenvalue weighted by Crippen LogP contribution is -2.28. The maximum Gasteiger partial charge on any atom is 0.252 e. The van der Waals surface area contributed by atoms with Gasteiger partial charge in [-0.1, -0.05) is 55.1 Å². The van der Waals surface area contributed by atoms with Gasteiger partial charge in [0.1, 0.15) is 4.29 Å². The predicted octanol–water partition coefficient (Wildman–Crippen LogP) is 4.86. The van der Waals surface area contributed by atoms with Gasteiger partial charge in [0.25, 0.3) is 10.0 Å². The van der Waals surface area contributed by atoms with Crippen molar-refractivity contribution in [3.8, 4) is 0 Å². The molecular formula is C9H8Br2Cl3NO2S2. The normalized spacial score (nSPS) is 17.2. The summed E-state index contributed by atoms with van der Waals surface area (Å²) in [5, 5.41) is 0.461. The van der Waals surface area contributed by atoms with Crippen LogP contribution in [-0.2, 0) is 10.0 Å². The minimum absolute atomic E-state index is 0.118. The summed E-state index contributed by atoms with van der Waals surface area (Å²) in [5.74, 6) is 0. The summed E-state index contributed by atoms with van der Waals surface area (Å²) < 4.78 is 23.7. The van der Waals surface area contributed by atoms with Crippen LogP contribution in [0.1, 0.15) is 0 Å². The molecule has 2 unspecified atom stereocenters. The minimum atomic E-state index is -3.68. The van der Waals surface area contributed by atoms with E-state index in [1.54, 1.807) is 0 Å². The Labute approximate surface area is 148 Å². The highest BCUT2D eigenvalue weighted by molar-refractivity contribution is 9.14. The van der Waals surface area contributed by atoms with Gasteiger partial charge in [-0.05, 0) is 36.2 Å². The first-order valence-electron chi connectivity index (χ1n) is 4.67. The van der Waals surface area contributed by atoms with E-state index < -0.39 is 17.4 Å². The van der Waals surface area contributed by atoms with Crippen molar-refractivity contribution < 1.29 is 8.42 Å². The van der Waals surface area contributed by atoms with Gasteiger partial charge >= 0.3 is 0 Å². The lowest BCUT2D eigenvalue weighted by Gasteiger charge is -2.26. The van der Waals surface area contributed by atoms with Crippen molar-refractivity contribution in [3.05, 3.63) is 29.3 Å². The van der Waals surface area contributed by atoms with E-state index in [9.17, 15) is 8.42 Å². The first kappa shape index (κ1) is 18.4. The topological polar surface area (TPSA) is 37.4 Å². The highest BCUT2D eigenvalue weighted by Gasteiger charge is 2.37. The molecule has 108 valence electrons. The van der Waals surface area contributed by atoms with Gasteiger partial charge < -0.3 is 0 Å². The van der Waals surface area contributed by atoms with Crippen molar-refractivity contribution >= 4 is 88.6 Å². The number of hydrogen-bond donors (Lipinski definition) is 0. The van der Waals surface area contributed by atoms with Gasteiger partial charge in [-0.15, -0.1) is 15.3 Å². The molecule has 19 heavy (non-hydrogen) atoms. The summed E-state index contributed by atoms with van der Waals surface area (Å²) in [5.41, 5.74) is 0. The highest BCUT2D eigenvalue weighted by atomic mass is 79.9. The Bertz CT molecular complexity index is 537. The monoisotopic (exact) mass is 489 g/mol. The van der Waals surface area contributed by atoms with E-state index in [1.807, 2.05) is 0 Å². The van der Waals surface area contributed by atoms with Crippen LogP contribution in [0.2, 0.25) is 5.02 Å². The standard InChI is InChI=1S/C9H8Br2Cl3NO2S2/c1-15(18-9(11,14)8(10)13)19(16,17)7-4-2-6(12)3-5-7/h2-5,8H,1H3. The van der Waals surface area contributed by atoms with E-state index in [2.05, 4.69) is 31.9 Å². The molecule has 1 rings (SSSR count). The van der Waals surface area contributed by atoms with Crippen LogP contribution in [-0.4, -0.2) is 26.6 Å². The van der Waals surface area contributed by atoms with Gasteiger partial charge in [-0.25, -0.2) is 8.42 Å². The molecule has 0 amide bonds. The lowest BCUT2D eigenvalue weighted by molar-refractivity contribution is 0.564. The largest absolute Gasteiger partial charge is 0.252 e. The molecule has 2 atom stereocenters. The summed E-state index contributed by atoms with van der Waals surface area (Å²) >= 11 is 24.7. The molecular weight excluding hydrogens is 484 g/mol. The maximum absolute atomic E-state index is 12.3. The van der Waals surface area contributed by atoms with Crippen LogP contribution in [0.25, 0.3) is 0 Å². The third kappa shape index (κ3) is 4.92. The number of benzene rings is 1. The summed E-state index contributed by atoms with van der Waals surface area (Å²) in [7, 11) is -2.29. The summed E-state index contributed by atoms with van der Waals surface area (Å²) in [6, 6.07) is 5.85. The molecule has 0 aliphatic heterocycles. The van der Waals surface area contributed by atoms with Crippen LogP contribution in [0.5, 0.6) is 0 Å². The van der Waals surface area contributed by atoms with Gasteiger partial charge in [0.05, 0.1) is 4.90 Å². The molecule has 1 aromatic carbocycles. The van der Waals surface area contributed by atoms with Gasteiger partial charge in [-0.2, -0.15) is 0 Å². The van der Waals surface area contributed by atoms with Gasteiger partial charge in [0, 0.05) is 12.1 Å². The minimum Gasteiger partial charge on any atom is -0.206 e. The molecule has 0 saturated heterocycles. The van der Waals surface area contributed by atoms with Crippen LogP contribution in [0, 0.1) is 0 Å². The maximum atomic E-state index is 12.3. The van der Waals surface area contributed by atoms with Crippen molar-refractivity contribution in [1.82, 2.24) is 3.71 Å². The van der Waals surface area contributed by atoms with Gasteiger partial charge in [-0.3, -0.25) is 0 Å². The second kappa shape index (κ2) is 7.05. The van der Waals surface area contributed by atoms with Crippen LogP contribution < -0.4 is 0 Å². The zero-order chi connectivity index (χ0) is 14.8. The van der Waals surface area contributed by atoms with Crippen molar-refractivity contribution in [2.45, 2.75) is 12.3 Å². The molecule has 0 aromatic heterocycles. The van der Waals surface area contributed by atoms with E-state index in [0.717, 1.165) is 15.7 Å². The number of hydrogen-bond acceptors (Lipinski definition) is 3. The molecule has 0 saturated carbocycles. The molecule has 0 aliphatic carbocycles. The zero-order valence-corrected chi connectivity index (χ0v) is 16.4. The Hall–Kier alpha value is 1.31. The Morgan fingerprint density at radius 3 is 2.26 bits per heavy atom. The fourth-order valence-electron chi connectivity index (χ4n) is 1.02. The average Bonchev–Trinajstić information content (AvgIpc) is 2.28. The molecule has 0 radical (unpaired) electrons. The second-order valence-corrected chi connectivity index (χ2v) is 12.3. The molecule has 0 bridgehead atoms. The lowest BCUT2D eigenvalue weighted by atomic mass is 10.4. The van der Waals surface area contributed by atoms with Crippen LogP contribution in [0.15, 0.2) is 29.2 Å². The van der Waals surface area contributed by atoms with Crippen LogP contribution >= 0.6 is 78.6 Å². The fraction of sp³-hybridized carbons (Fsp3) is 0.333. The van der Waals surface area contributed by atoms with Crippen molar-refractivity contribution in [2.75, 3.05) is 7.05 Å². The zero-order valence-electron chi connectivity index (χ0n) is 9.36. The van der Waals surface area contributed by atoms with Gasteiger partial charge in [0.2, 0.25) is 0 Å². The molecule has 0 heterocycles. The Balaban J connectivity index is 2.98. The number of halogens is 5. The SMILES string of the molecule is CN(SC(Cl)(Br)C(Cl)Br)S(=O)(=O)c1ccc(Cl)cc1. The van der Waals surface area contributed by atoms with E-state index in [4.69, 9.17) is 34.8 Å². The Morgan fingerprint density at radius 2 is 1.84 bits per heavy atom. The van der Waals surface area contributed by atoms with Crippen LogP contribution in [0.4, 0.5) is 0 Å². The number of sulfonamides is 1. The molecule has 3 nitrogen and oxygen atoms in total. The smallest absolute Gasteiger partial charge is 0.206 e. The quantitative estimate of drug-likeness (QED) is 0.436. The molecule has 0 spiro atoms. The summed E-state index contributed by atoms with van der Waals surface area (Å²) in [4.78, 5) is 0.118. The van der Waals surface area contributed by atoms with Crippen LogP contribution in [0.3, 0.4) is 0 Å². The van der Waals surface area contributed by atoms with Crippen molar-refractivity contribution in [3.63, 3.8) is 0 Å². The second-order valence-electron chi connectivity index (χ2n) is 3.32. The predicted molar refractivity (Wildman–Crippen MR) is 90.1 cm³/mol. The molecule has 0 N–H and O–H groups in total. The third-order valence-electron chi connectivity index (χ3n) is 1.95. The molecule has 0 fully saturated rings. The number of rotatable bonds is 5. The summed E-state index contributed by atoms with van der Waals surface area (Å²) in [6.45, 7) is 0. The molecule has 1 aromatic rings. The molecule has 10 heteroatoms. The van der Waals surface area contributed by atoms with Crippen molar-refractivity contribution in [2.24, 2.45) is 0 Å². The van der Waals surface area contributed by atoms with E-state index in [1.165, 1.54) is 31.3 Å². The first-order chi connectivity index (χ1) is 8.57. The van der Waals surface area contributed by atoms with E-state index in [-0.39, 0.29) is 4.90 Å². The van der Waals surface area contributed by atoms with E-state index >= 15 is 0 Å². The van der Waals surface area contributed by atoms with Gasteiger partial charge in [0.15, 0.2) is 3.12 Å². The van der Waals surface area contributed by atoms with Crippen molar-refractivity contribution in [1.29, 1.82) is 0 Å². The average molecular weight is 492 g/mol. The summed E-state index contributed by atoms with van der Waals surface area (Å²) in [6.07, 6.45) is 0. The number of nitrogens with zero attached hydrogens (tertiary/aromatic N) is 1. The first-order valence-corrected chi connectivity index (χ1v) is 9.78. The fourth-order valence-corrected chi connectivity index (χ4v) is 5.09. The highest BCUT2D eigenvalue weighted by Crippen LogP contribution is 2.47. The number of alkyl halides is 4.